The first kappa shape index (κ1) is 24.5. The molecule has 0 aliphatic heterocycles. The van der Waals surface area contributed by atoms with Crippen molar-refractivity contribution >= 4 is 17.5 Å². The smallest absolute Gasteiger partial charge is 0.252 e. The van der Waals surface area contributed by atoms with Crippen molar-refractivity contribution < 1.29 is 19.0 Å². The van der Waals surface area contributed by atoms with Gasteiger partial charge in [0.15, 0.2) is 0 Å². The van der Waals surface area contributed by atoms with Crippen LogP contribution in [0, 0.1) is 5.82 Å². The number of halogens is 2. The number of hydrogen-bond donors (Lipinski definition) is 3. The zero-order valence-electron chi connectivity index (χ0n) is 18.8. The summed E-state index contributed by atoms with van der Waals surface area (Å²) < 4.78 is 18.7. The van der Waals surface area contributed by atoms with Crippen LogP contribution in [0.3, 0.4) is 0 Å². The third-order valence-corrected chi connectivity index (χ3v) is 5.83. The highest BCUT2D eigenvalue weighted by atomic mass is 35.5. The van der Waals surface area contributed by atoms with Crippen LogP contribution < -0.4 is 5.32 Å². The summed E-state index contributed by atoms with van der Waals surface area (Å²) in [5.74, 6) is -0.267. The number of amides is 1. The molecule has 2 aromatic heterocycles. The van der Waals surface area contributed by atoms with Gasteiger partial charge in [-0.2, -0.15) is 5.10 Å². The van der Waals surface area contributed by atoms with Gasteiger partial charge in [-0.3, -0.25) is 9.89 Å². The number of aliphatic hydroxyl groups is 1. The molecule has 0 aliphatic rings. The summed E-state index contributed by atoms with van der Waals surface area (Å²) in [6.07, 6.45) is 2.78. The molecule has 3 N–H and O–H groups in total. The number of H-pyrrole nitrogens is 1. The first-order chi connectivity index (χ1) is 17.0. The number of ether oxygens (including phenoxy) is 1. The fraction of sp³-hybridized carbons (Fsp3) is 0.200. The highest BCUT2D eigenvalue weighted by Gasteiger charge is 2.26. The number of aliphatic hydroxyl groups excluding tert-OH is 1. The van der Waals surface area contributed by atoms with Crippen LogP contribution >= 0.6 is 11.6 Å². The molecule has 0 bridgehead atoms. The van der Waals surface area contributed by atoms with Crippen molar-refractivity contribution in [3.8, 4) is 22.5 Å². The summed E-state index contributed by atoms with van der Waals surface area (Å²) in [4.78, 5) is 21.8. The van der Waals surface area contributed by atoms with Gasteiger partial charge in [0, 0.05) is 37.1 Å². The topological polar surface area (TPSA) is 113 Å². The van der Waals surface area contributed by atoms with Gasteiger partial charge in [0.1, 0.15) is 17.7 Å². The van der Waals surface area contributed by atoms with Crippen molar-refractivity contribution in [3.63, 3.8) is 0 Å². The molecule has 0 aliphatic carbocycles. The molecule has 4 rings (SSSR count). The van der Waals surface area contributed by atoms with Crippen molar-refractivity contribution in [2.45, 2.75) is 18.6 Å². The molecule has 0 unspecified atom stereocenters. The fourth-order valence-corrected chi connectivity index (χ4v) is 4.00. The normalized spacial score (nSPS) is 12.8. The molecule has 2 heterocycles. The molecule has 0 saturated carbocycles. The van der Waals surface area contributed by atoms with Gasteiger partial charge in [-0.05, 0) is 48.5 Å². The summed E-state index contributed by atoms with van der Waals surface area (Å²) in [5, 5.41) is 20.3. The predicted molar refractivity (Wildman–Crippen MR) is 129 cm³/mol. The van der Waals surface area contributed by atoms with E-state index in [2.05, 4.69) is 25.5 Å². The molecular formula is C25H23ClFN5O3. The van der Waals surface area contributed by atoms with Crippen LogP contribution in [0.25, 0.3) is 22.5 Å². The molecule has 8 nitrogen and oxygen atoms in total. The largest absolute Gasteiger partial charge is 0.394 e. The average molecular weight is 496 g/mol. The molecule has 4 aromatic rings. The van der Waals surface area contributed by atoms with Gasteiger partial charge in [-0.1, -0.05) is 17.7 Å². The number of nitrogens with one attached hydrogen (secondary N) is 2. The van der Waals surface area contributed by atoms with E-state index >= 15 is 0 Å². The SMILES string of the molecule is CO[C@H](CO)[C@@H](Cc1ncccn1)NC(=O)c1cccc(Cl)c1-c1cc(-c2ccc(F)cc2)n[nH]1. The Kier molecular flexibility index (Phi) is 7.81. The van der Waals surface area contributed by atoms with Crippen LogP contribution in [0.2, 0.25) is 5.02 Å². The van der Waals surface area contributed by atoms with Crippen molar-refractivity contribution in [2.75, 3.05) is 13.7 Å². The standard InChI is InChI=1S/C25H23ClFN5O3/c1-35-22(14-33)20(13-23-28-10-3-11-29-23)30-25(34)17-4-2-5-18(26)24(17)21-12-19(31-32-21)15-6-8-16(27)9-7-15/h2-12,20,22,33H,13-14H2,1H3,(H,30,34)(H,31,32)/t20-,22-/m1/s1. The number of carbonyl (C=O) groups excluding carboxylic acids is 1. The van der Waals surface area contributed by atoms with Crippen LogP contribution in [0.1, 0.15) is 16.2 Å². The van der Waals surface area contributed by atoms with E-state index in [1.165, 1.54) is 19.2 Å². The number of benzene rings is 2. The first-order valence-electron chi connectivity index (χ1n) is 10.8. The summed E-state index contributed by atoms with van der Waals surface area (Å²) in [6.45, 7) is -0.307. The van der Waals surface area contributed by atoms with Crippen LogP contribution in [-0.4, -0.2) is 57.0 Å². The van der Waals surface area contributed by atoms with Gasteiger partial charge in [0.25, 0.3) is 5.91 Å². The van der Waals surface area contributed by atoms with Crippen molar-refractivity contribution in [3.05, 3.63) is 89.2 Å². The Bertz CT molecular complexity index is 1280. The lowest BCUT2D eigenvalue weighted by molar-refractivity contribution is 0.0211. The monoisotopic (exact) mass is 495 g/mol. The van der Waals surface area contributed by atoms with Crippen LogP contribution in [-0.2, 0) is 11.2 Å². The maximum absolute atomic E-state index is 13.4. The highest BCUT2D eigenvalue weighted by Crippen LogP contribution is 2.32. The van der Waals surface area contributed by atoms with Gasteiger partial charge in [0.2, 0.25) is 0 Å². The van der Waals surface area contributed by atoms with Crippen LogP contribution in [0.4, 0.5) is 4.39 Å². The number of nitrogens with zero attached hydrogens (tertiary/aromatic N) is 3. The molecule has 0 radical (unpaired) electrons. The van der Waals surface area contributed by atoms with Gasteiger partial charge in [-0.25, -0.2) is 14.4 Å². The second-order valence-electron chi connectivity index (χ2n) is 7.74. The Hall–Kier alpha value is -3.66. The zero-order valence-corrected chi connectivity index (χ0v) is 19.5. The van der Waals surface area contributed by atoms with E-state index in [4.69, 9.17) is 16.3 Å². The number of aromatic nitrogens is 4. The lowest BCUT2D eigenvalue weighted by Crippen LogP contribution is -2.47. The van der Waals surface area contributed by atoms with E-state index in [1.54, 1.807) is 54.9 Å². The molecule has 10 heteroatoms. The molecule has 1 amide bonds. The number of methoxy groups -OCH3 is 1. The zero-order chi connectivity index (χ0) is 24.8. The minimum absolute atomic E-state index is 0.250. The number of hydrogen-bond acceptors (Lipinski definition) is 6. The maximum Gasteiger partial charge on any atom is 0.252 e. The molecule has 0 saturated heterocycles. The van der Waals surface area contributed by atoms with E-state index in [9.17, 15) is 14.3 Å². The summed E-state index contributed by atoms with van der Waals surface area (Å²) in [6, 6.07) is 13.8. The van der Waals surface area contributed by atoms with E-state index in [1.807, 2.05) is 0 Å². The Morgan fingerprint density at radius 2 is 1.91 bits per heavy atom. The van der Waals surface area contributed by atoms with Crippen molar-refractivity contribution in [1.82, 2.24) is 25.5 Å². The molecule has 2 atom stereocenters. The molecule has 35 heavy (non-hydrogen) atoms. The van der Waals surface area contributed by atoms with Crippen molar-refractivity contribution in [1.29, 1.82) is 0 Å². The van der Waals surface area contributed by atoms with Crippen LogP contribution in [0.5, 0.6) is 0 Å². The van der Waals surface area contributed by atoms with Gasteiger partial charge < -0.3 is 15.2 Å². The minimum Gasteiger partial charge on any atom is -0.394 e. The number of rotatable bonds is 9. The van der Waals surface area contributed by atoms with Gasteiger partial charge >= 0.3 is 0 Å². The molecule has 2 aromatic carbocycles. The molecule has 0 spiro atoms. The minimum atomic E-state index is -0.678. The molecular weight excluding hydrogens is 473 g/mol. The molecule has 180 valence electrons. The summed E-state index contributed by atoms with van der Waals surface area (Å²) in [7, 11) is 1.46. The summed E-state index contributed by atoms with van der Waals surface area (Å²) in [5.41, 5.74) is 2.57. The lowest BCUT2D eigenvalue weighted by atomic mass is 10.0. The highest BCUT2D eigenvalue weighted by molar-refractivity contribution is 6.34. The lowest BCUT2D eigenvalue weighted by Gasteiger charge is -2.25. The summed E-state index contributed by atoms with van der Waals surface area (Å²) >= 11 is 6.51. The third kappa shape index (κ3) is 5.71. The Morgan fingerprint density at radius 1 is 1.17 bits per heavy atom. The van der Waals surface area contributed by atoms with E-state index < -0.39 is 18.1 Å². The average Bonchev–Trinajstić information content (AvgIpc) is 3.35. The van der Waals surface area contributed by atoms with Gasteiger partial charge in [-0.15, -0.1) is 0 Å². The Labute approximate surface area is 206 Å². The van der Waals surface area contributed by atoms with Crippen LogP contribution in [0.15, 0.2) is 67.0 Å². The van der Waals surface area contributed by atoms with E-state index in [0.29, 0.717) is 38.9 Å². The number of aromatic amines is 1. The van der Waals surface area contributed by atoms with E-state index in [-0.39, 0.29) is 18.8 Å². The third-order valence-electron chi connectivity index (χ3n) is 5.52. The van der Waals surface area contributed by atoms with Crippen molar-refractivity contribution in [2.24, 2.45) is 0 Å². The van der Waals surface area contributed by atoms with Gasteiger partial charge in [0.05, 0.1) is 34.6 Å². The second-order valence-corrected chi connectivity index (χ2v) is 8.15. The second kappa shape index (κ2) is 11.2. The maximum atomic E-state index is 13.4. The predicted octanol–water partition coefficient (Wildman–Crippen LogP) is 3.67. The van der Waals surface area contributed by atoms with E-state index in [0.717, 1.165) is 0 Å². The molecule has 0 fully saturated rings. The fourth-order valence-electron chi connectivity index (χ4n) is 3.73. The number of carbonyl (C=O) groups is 1. The quantitative estimate of drug-likeness (QED) is 0.326. The first-order valence-corrected chi connectivity index (χ1v) is 11.2. The Balaban J connectivity index is 1.64. The Morgan fingerprint density at radius 3 is 2.60 bits per heavy atom.